The van der Waals surface area contributed by atoms with Crippen LogP contribution in [0.5, 0.6) is 0 Å². The third-order valence-electron chi connectivity index (χ3n) is 3.11. The van der Waals surface area contributed by atoms with Crippen molar-refractivity contribution in [3.05, 3.63) is 54.1 Å². The van der Waals surface area contributed by atoms with E-state index in [0.29, 0.717) is 15.3 Å². The lowest BCUT2D eigenvalue weighted by atomic mass is 10.2. The number of benzene rings is 2. The van der Waals surface area contributed by atoms with Crippen LogP contribution in [0.4, 0.5) is 9.93 Å². The van der Waals surface area contributed by atoms with E-state index in [0.717, 1.165) is 16.9 Å². The summed E-state index contributed by atoms with van der Waals surface area (Å²) in [5.41, 5.74) is 1.43. The number of anilines is 1. The Balaban J connectivity index is 1.70. The van der Waals surface area contributed by atoms with Crippen molar-refractivity contribution in [3.63, 3.8) is 0 Å². The first kappa shape index (κ1) is 16.4. The van der Waals surface area contributed by atoms with E-state index in [1.165, 1.54) is 18.2 Å². The number of nitrogens with two attached hydrogens (primary N) is 1. The summed E-state index contributed by atoms with van der Waals surface area (Å²) < 4.78 is 28.4. The van der Waals surface area contributed by atoms with Crippen molar-refractivity contribution in [2.45, 2.75) is 11.5 Å². The topological polar surface area (TPSA) is 111 Å². The van der Waals surface area contributed by atoms with Gasteiger partial charge in [0.15, 0.2) is 5.13 Å². The zero-order valence-electron chi connectivity index (χ0n) is 12.3. The first-order valence-electron chi connectivity index (χ1n) is 6.83. The SMILES string of the molecule is NS(=O)(=O)c1ccc2nc(NC(=O)OCc3ccccc3)sc2c1. The van der Waals surface area contributed by atoms with Crippen LogP contribution in [-0.4, -0.2) is 19.5 Å². The molecule has 24 heavy (non-hydrogen) atoms. The van der Waals surface area contributed by atoms with Crippen molar-refractivity contribution in [2.24, 2.45) is 5.14 Å². The lowest BCUT2D eigenvalue weighted by molar-refractivity contribution is 0.155. The third-order valence-corrected chi connectivity index (χ3v) is 4.95. The first-order chi connectivity index (χ1) is 11.4. The fourth-order valence-electron chi connectivity index (χ4n) is 1.98. The van der Waals surface area contributed by atoms with Crippen LogP contribution in [0.1, 0.15) is 5.56 Å². The number of aromatic nitrogens is 1. The number of thiazole rings is 1. The van der Waals surface area contributed by atoms with Crippen molar-refractivity contribution in [1.82, 2.24) is 4.98 Å². The van der Waals surface area contributed by atoms with E-state index in [2.05, 4.69) is 10.3 Å². The highest BCUT2D eigenvalue weighted by Gasteiger charge is 2.13. The smallest absolute Gasteiger partial charge is 0.413 e. The molecule has 0 aliphatic heterocycles. The Bertz CT molecular complexity index is 984. The van der Waals surface area contributed by atoms with Crippen molar-refractivity contribution < 1.29 is 17.9 Å². The maximum Gasteiger partial charge on any atom is 0.413 e. The summed E-state index contributed by atoms with van der Waals surface area (Å²) in [5, 5.41) is 7.94. The van der Waals surface area contributed by atoms with Gasteiger partial charge in [0.25, 0.3) is 0 Å². The van der Waals surface area contributed by atoms with Gasteiger partial charge in [-0.15, -0.1) is 0 Å². The molecular formula is C15H13N3O4S2. The number of sulfonamides is 1. The fourth-order valence-corrected chi connectivity index (χ4v) is 3.49. The van der Waals surface area contributed by atoms with Crippen LogP contribution >= 0.6 is 11.3 Å². The highest BCUT2D eigenvalue weighted by molar-refractivity contribution is 7.89. The summed E-state index contributed by atoms with van der Waals surface area (Å²) in [6, 6.07) is 13.6. The largest absolute Gasteiger partial charge is 0.444 e. The maximum atomic E-state index is 11.8. The fraction of sp³-hybridized carbons (Fsp3) is 0.0667. The Labute approximate surface area is 142 Å². The molecule has 0 atom stereocenters. The normalized spacial score (nSPS) is 11.4. The molecule has 1 amide bonds. The Morgan fingerprint density at radius 1 is 1.21 bits per heavy atom. The molecule has 2 aromatic carbocycles. The molecule has 3 aromatic rings. The van der Waals surface area contributed by atoms with Crippen LogP contribution < -0.4 is 10.5 Å². The van der Waals surface area contributed by atoms with Crippen LogP contribution in [0.25, 0.3) is 10.2 Å². The van der Waals surface area contributed by atoms with Crippen molar-refractivity contribution >= 4 is 42.8 Å². The molecule has 3 N–H and O–H groups in total. The van der Waals surface area contributed by atoms with Crippen LogP contribution in [0.15, 0.2) is 53.4 Å². The average molecular weight is 363 g/mol. The molecule has 1 aromatic heterocycles. The van der Waals surface area contributed by atoms with E-state index in [1.54, 1.807) is 0 Å². The predicted molar refractivity (Wildman–Crippen MR) is 91.2 cm³/mol. The molecule has 1 heterocycles. The number of primary sulfonamides is 1. The molecule has 0 bridgehead atoms. The van der Waals surface area contributed by atoms with Gasteiger partial charge in [-0.2, -0.15) is 0 Å². The Morgan fingerprint density at radius 3 is 2.67 bits per heavy atom. The van der Waals surface area contributed by atoms with Gasteiger partial charge in [0.1, 0.15) is 6.61 Å². The van der Waals surface area contributed by atoms with Crippen LogP contribution in [-0.2, 0) is 21.4 Å². The van der Waals surface area contributed by atoms with Gasteiger partial charge in [-0.3, -0.25) is 5.32 Å². The minimum Gasteiger partial charge on any atom is -0.444 e. The highest BCUT2D eigenvalue weighted by Crippen LogP contribution is 2.28. The number of fused-ring (bicyclic) bond motifs is 1. The van der Waals surface area contributed by atoms with Crippen molar-refractivity contribution in [2.75, 3.05) is 5.32 Å². The summed E-state index contributed by atoms with van der Waals surface area (Å²) in [7, 11) is -3.78. The Kier molecular flexibility index (Phi) is 4.47. The van der Waals surface area contributed by atoms with E-state index < -0.39 is 16.1 Å². The molecule has 0 spiro atoms. The maximum absolute atomic E-state index is 11.8. The summed E-state index contributed by atoms with van der Waals surface area (Å²) in [5.74, 6) is 0. The third kappa shape index (κ3) is 3.88. The van der Waals surface area contributed by atoms with Gasteiger partial charge in [-0.1, -0.05) is 41.7 Å². The van der Waals surface area contributed by atoms with Gasteiger partial charge in [0, 0.05) is 0 Å². The molecule has 0 fully saturated rings. The Hall–Kier alpha value is -2.49. The minimum atomic E-state index is -3.78. The number of ether oxygens (including phenoxy) is 1. The van der Waals surface area contributed by atoms with Gasteiger partial charge in [0.05, 0.1) is 15.1 Å². The zero-order chi connectivity index (χ0) is 17.2. The van der Waals surface area contributed by atoms with Gasteiger partial charge < -0.3 is 4.74 Å². The van der Waals surface area contributed by atoms with E-state index in [9.17, 15) is 13.2 Å². The molecule has 0 unspecified atom stereocenters. The van der Waals surface area contributed by atoms with Crippen LogP contribution in [0.2, 0.25) is 0 Å². The lowest BCUT2D eigenvalue weighted by Gasteiger charge is -2.04. The van der Waals surface area contributed by atoms with Gasteiger partial charge >= 0.3 is 6.09 Å². The molecule has 3 rings (SSSR count). The average Bonchev–Trinajstić information content (AvgIpc) is 2.94. The monoisotopic (exact) mass is 363 g/mol. The van der Waals surface area contributed by atoms with Crippen LogP contribution in [0.3, 0.4) is 0 Å². The standard InChI is InChI=1S/C15H13N3O4S2/c16-24(20,21)11-6-7-12-13(8-11)23-14(17-12)18-15(19)22-9-10-4-2-1-3-5-10/h1-8H,9H2,(H2,16,20,21)(H,17,18,19). The zero-order valence-corrected chi connectivity index (χ0v) is 13.9. The molecule has 0 radical (unpaired) electrons. The van der Waals surface area contributed by atoms with Gasteiger partial charge in [-0.05, 0) is 23.8 Å². The van der Waals surface area contributed by atoms with E-state index >= 15 is 0 Å². The summed E-state index contributed by atoms with van der Waals surface area (Å²) >= 11 is 1.13. The van der Waals surface area contributed by atoms with E-state index in [4.69, 9.17) is 9.88 Å². The number of hydrogen-bond donors (Lipinski definition) is 2. The highest BCUT2D eigenvalue weighted by atomic mass is 32.2. The Morgan fingerprint density at radius 2 is 1.96 bits per heavy atom. The second-order valence-corrected chi connectivity index (χ2v) is 7.47. The van der Waals surface area contributed by atoms with Gasteiger partial charge in [0.2, 0.25) is 10.0 Å². The second kappa shape index (κ2) is 6.56. The molecular weight excluding hydrogens is 350 g/mol. The number of nitrogens with zero attached hydrogens (tertiary/aromatic N) is 1. The molecule has 0 aliphatic carbocycles. The second-order valence-electron chi connectivity index (χ2n) is 4.88. The number of hydrogen-bond acceptors (Lipinski definition) is 6. The molecule has 0 saturated heterocycles. The number of rotatable bonds is 4. The van der Waals surface area contributed by atoms with E-state index in [-0.39, 0.29) is 11.5 Å². The quantitative estimate of drug-likeness (QED) is 0.740. The number of carbonyl (C=O) groups is 1. The predicted octanol–water partition coefficient (Wildman–Crippen LogP) is 2.69. The van der Waals surface area contributed by atoms with E-state index in [1.807, 2.05) is 30.3 Å². The molecule has 7 nitrogen and oxygen atoms in total. The van der Waals surface area contributed by atoms with Crippen molar-refractivity contribution in [1.29, 1.82) is 0 Å². The summed E-state index contributed by atoms with van der Waals surface area (Å²) in [4.78, 5) is 16.0. The van der Waals surface area contributed by atoms with Gasteiger partial charge in [-0.25, -0.2) is 23.3 Å². The molecule has 0 saturated carbocycles. The minimum absolute atomic E-state index is 0.00291. The molecule has 124 valence electrons. The molecule has 9 heteroatoms. The summed E-state index contributed by atoms with van der Waals surface area (Å²) in [6.07, 6.45) is -0.635. The first-order valence-corrected chi connectivity index (χ1v) is 9.19. The summed E-state index contributed by atoms with van der Waals surface area (Å²) in [6.45, 7) is 0.146. The molecule has 0 aliphatic rings. The van der Waals surface area contributed by atoms with Crippen molar-refractivity contribution in [3.8, 4) is 0 Å². The number of amides is 1. The van der Waals surface area contributed by atoms with Crippen LogP contribution in [0, 0.1) is 0 Å². The number of carbonyl (C=O) groups excluding carboxylic acids is 1. The lowest BCUT2D eigenvalue weighted by Crippen LogP contribution is -2.13. The number of nitrogens with one attached hydrogen (secondary N) is 1.